The van der Waals surface area contributed by atoms with Crippen LogP contribution in [0.1, 0.15) is 5.56 Å². The molecule has 6 nitrogen and oxygen atoms in total. The fourth-order valence-corrected chi connectivity index (χ4v) is 4.56. The van der Waals surface area contributed by atoms with Gasteiger partial charge in [-0.2, -0.15) is 0 Å². The monoisotopic (exact) mass is 350 g/mol. The molecular formula is C12H17ClN3O3S2+. The van der Waals surface area contributed by atoms with Crippen LogP contribution in [-0.4, -0.2) is 55.1 Å². The lowest BCUT2D eigenvalue weighted by atomic mass is 10.0. The van der Waals surface area contributed by atoms with E-state index in [0.717, 1.165) is 5.17 Å². The van der Waals surface area contributed by atoms with Crippen molar-refractivity contribution in [3.8, 4) is 0 Å². The number of aliphatic hydroxyl groups is 1. The van der Waals surface area contributed by atoms with Gasteiger partial charge in [0.05, 0.1) is 31.9 Å². The predicted molar refractivity (Wildman–Crippen MR) is 84.1 cm³/mol. The fraction of sp³-hybridized carbons (Fsp3) is 0.417. The summed E-state index contributed by atoms with van der Waals surface area (Å²) >= 11 is 7.36. The highest BCUT2D eigenvalue weighted by atomic mass is 35.5. The molecule has 116 valence electrons. The van der Waals surface area contributed by atoms with E-state index in [1.54, 1.807) is 18.0 Å². The van der Waals surface area contributed by atoms with Gasteiger partial charge in [0.2, 0.25) is 15.7 Å². The lowest BCUT2D eigenvalue weighted by Gasteiger charge is -2.26. The van der Waals surface area contributed by atoms with Crippen molar-refractivity contribution in [1.82, 2.24) is 4.90 Å². The third kappa shape index (κ3) is 2.91. The molecule has 0 bridgehead atoms. The van der Waals surface area contributed by atoms with E-state index in [4.69, 9.17) is 16.7 Å². The molecule has 1 aliphatic rings. The van der Waals surface area contributed by atoms with E-state index in [1.165, 1.54) is 23.9 Å². The van der Waals surface area contributed by atoms with Crippen molar-refractivity contribution in [1.29, 1.82) is 0 Å². The average Bonchev–Trinajstić information content (AvgIpc) is 2.66. The van der Waals surface area contributed by atoms with Crippen LogP contribution in [0.25, 0.3) is 0 Å². The maximum Gasteiger partial charge on any atom is 0.310 e. The largest absolute Gasteiger partial charge is 0.349 e. The molecule has 1 atom stereocenters. The maximum absolute atomic E-state index is 11.6. The van der Waals surface area contributed by atoms with Crippen molar-refractivity contribution >= 4 is 38.6 Å². The lowest BCUT2D eigenvalue weighted by molar-refractivity contribution is -0.467. The molecule has 2 rings (SSSR count). The number of benzene rings is 1. The van der Waals surface area contributed by atoms with Crippen LogP contribution in [0.2, 0.25) is 5.02 Å². The van der Waals surface area contributed by atoms with Gasteiger partial charge in [-0.15, -0.1) is 0 Å². The first-order valence-electron chi connectivity index (χ1n) is 6.03. The van der Waals surface area contributed by atoms with Gasteiger partial charge in [0.15, 0.2) is 0 Å². The zero-order chi connectivity index (χ0) is 16.0. The second kappa shape index (κ2) is 5.44. The molecule has 3 N–H and O–H groups in total. The van der Waals surface area contributed by atoms with Crippen molar-refractivity contribution in [2.75, 3.05) is 26.9 Å². The summed E-state index contributed by atoms with van der Waals surface area (Å²) in [5.41, 5.74) is -0.878. The van der Waals surface area contributed by atoms with Gasteiger partial charge in [-0.05, 0) is 23.9 Å². The van der Waals surface area contributed by atoms with E-state index in [-0.39, 0.29) is 9.92 Å². The number of hydrogen-bond donors (Lipinski definition) is 2. The second-order valence-corrected chi connectivity index (χ2v) is 7.91. The number of hydrogen-bond acceptors (Lipinski definition) is 4. The number of nitrogens with two attached hydrogens (primary N) is 1. The molecule has 0 aromatic heterocycles. The molecule has 0 aliphatic carbocycles. The van der Waals surface area contributed by atoms with Gasteiger partial charge >= 0.3 is 5.17 Å². The van der Waals surface area contributed by atoms with Crippen LogP contribution in [-0.2, 0) is 15.7 Å². The number of sulfonamides is 1. The smallest absolute Gasteiger partial charge is 0.310 e. The molecule has 1 aliphatic heterocycles. The molecule has 21 heavy (non-hydrogen) atoms. The molecule has 1 unspecified atom stereocenters. The zero-order valence-electron chi connectivity index (χ0n) is 11.9. The molecular weight excluding hydrogens is 334 g/mol. The van der Waals surface area contributed by atoms with Crippen molar-refractivity contribution in [2.24, 2.45) is 5.14 Å². The van der Waals surface area contributed by atoms with Gasteiger partial charge < -0.3 is 5.11 Å². The maximum atomic E-state index is 11.6. The Labute approximate surface area is 133 Å². The topological polar surface area (TPSA) is 86.6 Å². The van der Waals surface area contributed by atoms with Crippen LogP contribution in [0.3, 0.4) is 0 Å². The summed E-state index contributed by atoms with van der Waals surface area (Å²) in [7, 11) is 1.56. The third-order valence-electron chi connectivity index (χ3n) is 3.33. The molecule has 1 aromatic carbocycles. The zero-order valence-corrected chi connectivity index (χ0v) is 14.3. The fourth-order valence-electron chi connectivity index (χ4n) is 2.19. The number of thioether (sulfide) groups is 1. The molecule has 1 fully saturated rings. The Morgan fingerprint density at radius 3 is 2.57 bits per heavy atom. The van der Waals surface area contributed by atoms with E-state index in [2.05, 4.69) is 0 Å². The van der Waals surface area contributed by atoms with E-state index in [0.29, 0.717) is 11.3 Å². The van der Waals surface area contributed by atoms with Gasteiger partial charge in [-0.25, -0.2) is 18.5 Å². The number of primary sulfonamides is 1. The summed E-state index contributed by atoms with van der Waals surface area (Å²) in [4.78, 5) is 1.51. The first-order valence-corrected chi connectivity index (χ1v) is 8.94. The normalized spacial score (nSPS) is 22.8. The van der Waals surface area contributed by atoms with Crippen molar-refractivity contribution in [3.05, 3.63) is 28.8 Å². The quantitative estimate of drug-likeness (QED) is 0.756. The number of rotatable bonds is 2. The Balaban J connectivity index is 2.56. The van der Waals surface area contributed by atoms with Crippen LogP contribution in [0.4, 0.5) is 0 Å². The Kier molecular flexibility index (Phi) is 4.29. The predicted octanol–water partition coefficient (Wildman–Crippen LogP) is 0.439. The summed E-state index contributed by atoms with van der Waals surface area (Å²) in [6, 6.07) is 4.36. The minimum atomic E-state index is -3.95. The molecule has 0 spiro atoms. The molecule has 1 heterocycles. The summed E-state index contributed by atoms with van der Waals surface area (Å²) in [6.07, 6.45) is 0. The highest BCUT2D eigenvalue weighted by Gasteiger charge is 2.49. The van der Waals surface area contributed by atoms with Crippen LogP contribution < -0.4 is 5.14 Å². The summed E-state index contributed by atoms with van der Waals surface area (Å²) < 4.78 is 25.0. The van der Waals surface area contributed by atoms with Crippen molar-refractivity contribution in [2.45, 2.75) is 10.6 Å². The Morgan fingerprint density at radius 2 is 2.10 bits per heavy atom. The van der Waals surface area contributed by atoms with E-state index < -0.39 is 15.7 Å². The average molecular weight is 351 g/mol. The molecule has 0 saturated carbocycles. The standard InChI is InChI=1S/C12H17ClN3O3S2/c1-15(2)11-16(3)12(17,7-20-11)8-4-5-9(13)10(6-8)21(14,18)19/h4-6,17H,7H2,1-3H3,(H2,14,18,19)/q+1. The summed E-state index contributed by atoms with van der Waals surface area (Å²) in [5.74, 6) is 0.378. The first kappa shape index (κ1) is 16.6. The highest BCUT2D eigenvalue weighted by Crippen LogP contribution is 2.38. The first-order chi connectivity index (χ1) is 9.57. The van der Waals surface area contributed by atoms with Gasteiger partial charge in [-0.3, -0.25) is 4.58 Å². The molecule has 0 radical (unpaired) electrons. The lowest BCUT2D eigenvalue weighted by Crippen LogP contribution is -2.44. The molecule has 1 saturated heterocycles. The van der Waals surface area contributed by atoms with Crippen LogP contribution in [0.5, 0.6) is 0 Å². The third-order valence-corrected chi connectivity index (χ3v) is 6.16. The van der Waals surface area contributed by atoms with E-state index >= 15 is 0 Å². The highest BCUT2D eigenvalue weighted by molar-refractivity contribution is 8.13. The SMILES string of the molecule is CN1C(=[N+](C)C)SCC1(O)c1ccc(Cl)c(S(N)(=O)=O)c1. The van der Waals surface area contributed by atoms with Gasteiger partial charge in [0, 0.05) is 5.56 Å². The van der Waals surface area contributed by atoms with Crippen molar-refractivity contribution < 1.29 is 18.1 Å². The van der Waals surface area contributed by atoms with E-state index in [9.17, 15) is 13.5 Å². The summed E-state index contributed by atoms with van der Waals surface area (Å²) in [6.45, 7) is 0. The van der Waals surface area contributed by atoms with Crippen LogP contribution in [0.15, 0.2) is 23.1 Å². The van der Waals surface area contributed by atoms with Crippen LogP contribution in [0, 0.1) is 0 Å². The Hall–Kier alpha value is -0.800. The van der Waals surface area contributed by atoms with Gasteiger partial charge in [0.25, 0.3) is 0 Å². The molecule has 1 aromatic rings. The van der Waals surface area contributed by atoms with Gasteiger partial charge in [0.1, 0.15) is 4.90 Å². The molecule has 0 amide bonds. The van der Waals surface area contributed by atoms with Crippen molar-refractivity contribution in [3.63, 3.8) is 0 Å². The van der Waals surface area contributed by atoms with E-state index in [1.807, 2.05) is 18.7 Å². The Bertz CT molecular complexity index is 716. The number of halogens is 1. The number of amidine groups is 1. The minimum absolute atomic E-state index is 0.0370. The van der Waals surface area contributed by atoms with Gasteiger partial charge in [-0.1, -0.05) is 17.7 Å². The summed E-state index contributed by atoms with van der Waals surface area (Å²) in [5, 5.41) is 17.0. The van der Waals surface area contributed by atoms with Crippen LogP contribution >= 0.6 is 23.4 Å². The molecule has 9 heteroatoms. The minimum Gasteiger partial charge on any atom is -0.349 e. The number of nitrogens with zero attached hydrogens (tertiary/aromatic N) is 2. The second-order valence-electron chi connectivity index (χ2n) is 5.03. The Morgan fingerprint density at radius 1 is 1.48 bits per heavy atom.